The molecule has 0 aromatic heterocycles. The summed E-state index contributed by atoms with van der Waals surface area (Å²) in [5.41, 5.74) is -2.78. The van der Waals surface area contributed by atoms with Crippen LogP contribution in [-0.4, -0.2) is 120 Å². The van der Waals surface area contributed by atoms with Crippen LogP contribution in [0.4, 0.5) is 19.7 Å². The molecule has 3 N–H and O–H groups in total. The Kier molecular flexibility index (Phi) is 12.3. The maximum atomic E-state index is 14.9. The van der Waals surface area contributed by atoms with Crippen molar-refractivity contribution in [3.8, 4) is 0 Å². The lowest BCUT2D eigenvalue weighted by atomic mass is 10.1. The number of nitrogens with zero attached hydrogens (tertiary/aromatic N) is 4. The maximum absolute atomic E-state index is 14.9. The van der Waals surface area contributed by atoms with Crippen molar-refractivity contribution >= 4 is 55.6 Å². The number of rotatable bonds is 8. The van der Waals surface area contributed by atoms with E-state index in [4.69, 9.17) is 9.47 Å². The maximum Gasteiger partial charge on any atom is 0.410 e. The van der Waals surface area contributed by atoms with Gasteiger partial charge in [0, 0.05) is 43.6 Å². The number of carbonyl (C=O) groups excluding carboxylic acids is 5. The minimum absolute atomic E-state index is 0.00722. The highest BCUT2D eigenvalue weighted by atomic mass is 32.2. The van der Waals surface area contributed by atoms with Crippen molar-refractivity contribution in [2.45, 2.75) is 112 Å². The molecule has 3 heterocycles. The number of allylic oxidation sites excluding steroid dienone is 1. The van der Waals surface area contributed by atoms with Gasteiger partial charge in [0.2, 0.25) is 31.9 Å². The number of halogens is 1. The number of carbonyl (C=O) groups is 5. The molecule has 1 unspecified atom stereocenters. The van der Waals surface area contributed by atoms with Crippen molar-refractivity contribution in [2.24, 2.45) is 5.92 Å². The number of alkyl carbamates (subject to hydrolysis) is 1. The summed E-state index contributed by atoms with van der Waals surface area (Å²) in [4.78, 5) is 82.9. The predicted octanol–water partition coefficient (Wildman–Crippen LogP) is 2.57. The molecule has 2 saturated carbocycles. The molecule has 20 nitrogen and oxygen atoms in total. The van der Waals surface area contributed by atoms with E-state index >= 15 is 0 Å². The van der Waals surface area contributed by atoms with E-state index in [1.807, 2.05) is 0 Å². The van der Waals surface area contributed by atoms with Crippen LogP contribution in [0.15, 0.2) is 59.5 Å². The number of ether oxygens (including phenoxy) is 2. The molecule has 23 heteroatoms. The average Bonchev–Trinajstić information content (AvgIpc) is 4.09. The average molecular weight is 918 g/mol. The molecule has 7 rings (SSSR count). The molecule has 0 spiro atoms. The number of nitrogens with one attached hydrogen (secondary N) is 3. The van der Waals surface area contributed by atoms with Crippen LogP contribution in [0.3, 0.4) is 0 Å². The third-order valence-corrected chi connectivity index (χ3v) is 15.2. The normalized spacial score (nSPS) is 26.2. The van der Waals surface area contributed by atoms with Gasteiger partial charge in [-0.3, -0.25) is 34.1 Å². The second-order valence-corrected chi connectivity index (χ2v) is 21.2. The van der Waals surface area contributed by atoms with Crippen LogP contribution in [0.5, 0.6) is 0 Å². The number of para-hydroxylation sites is 1. The van der Waals surface area contributed by atoms with Crippen LogP contribution >= 0.6 is 0 Å². The van der Waals surface area contributed by atoms with E-state index < -0.39 is 125 Å². The summed E-state index contributed by atoms with van der Waals surface area (Å²) in [6, 6.07) is 5.65. The molecule has 63 heavy (non-hydrogen) atoms. The molecule has 5 amide bonds. The first-order chi connectivity index (χ1) is 29.6. The van der Waals surface area contributed by atoms with Gasteiger partial charge in [0.05, 0.1) is 23.3 Å². The molecule has 3 fully saturated rings. The van der Waals surface area contributed by atoms with Crippen LogP contribution in [0.1, 0.15) is 70.4 Å². The van der Waals surface area contributed by atoms with Crippen LogP contribution in [0.2, 0.25) is 0 Å². The predicted molar refractivity (Wildman–Crippen MR) is 218 cm³/mol. The first kappa shape index (κ1) is 45.3. The Hall–Kier alpha value is -5.68. The third-order valence-electron chi connectivity index (χ3n) is 11.5. The number of sulfonamides is 2. The lowest BCUT2D eigenvalue weighted by Gasteiger charge is -2.32. The Morgan fingerprint density at radius 3 is 2.43 bits per heavy atom. The van der Waals surface area contributed by atoms with Gasteiger partial charge >= 0.3 is 12.2 Å². The van der Waals surface area contributed by atoms with Gasteiger partial charge in [-0.05, 0) is 70.6 Å². The highest BCUT2D eigenvalue weighted by Crippen LogP contribution is 2.46. The van der Waals surface area contributed by atoms with E-state index in [2.05, 4.69) is 15.4 Å². The van der Waals surface area contributed by atoms with Gasteiger partial charge in [-0.15, -0.1) is 0 Å². The molecule has 2 aromatic carbocycles. The SMILES string of the molecule is CC(C)(C)OC(=O)N[C@H]1CN(S(=O)(=O)c2ccccc2[N+](=O)[O-])CCC/C=C\[C@@H]2C[C@@]2(C(=O)NS(=O)(=O)C2CC2)NC(=O)[C@@H]2CC(OC(=O)N3Cc4cccc(F)c4C3)CN2C1=O. The van der Waals surface area contributed by atoms with Gasteiger partial charge in [-0.1, -0.05) is 36.4 Å². The molecule has 0 radical (unpaired) electrons. The smallest absolute Gasteiger partial charge is 0.410 e. The molecule has 0 bridgehead atoms. The molecule has 2 aromatic rings. The largest absolute Gasteiger partial charge is 0.444 e. The Morgan fingerprint density at radius 2 is 1.75 bits per heavy atom. The summed E-state index contributed by atoms with van der Waals surface area (Å²) >= 11 is 0. The monoisotopic (exact) mass is 917 g/mol. The van der Waals surface area contributed by atoms with Crippen molar-refractivity contribution in [3.63, 3.8) is 0 Å². The van der Waals surface area contributed by atoms with E-state index in [0.717, 1.165) is 21.3 Å². The zero-order valence-electron chi connectivity index (χ0n) is 34.7. The zero-order chi connectivity index (χ0) is 45.6. The second-order valence-electron chi connectivity index (χ2n) is 17.3. The van der Waals surface area contributed by atoms with Crippen molar-refractivity contribution < 1.29 is 59.6 Å². The van der Waals surface area contributed by atoms with Crippen molar-refractivity contribution in [1.29, 1.82) is 0 Å². The molecule has 2 aliphatic carbocycles. The summed E-state index contributed by atoms with van der Waals surface area (Å²) in [5, 5.41) is 16.3. The Labute approximate surface area is 362 Å². The highest BCUT2D eigenvalue weighted by molar-refractivity contribution is 7.91. The number of hydrogen-bond acceptors (Lipinski definition) is 13. The van der Waals surface area contributed by atoms with E-state index in [1.54, 1.807) is 39.0 Å². The van der Waals surface area contributed by atoms with E-state index in [1.165, 1.54) is 29.2 Å². The summed E-state index contributed by atoms with van der Waals surface area (Å²) < 4.78 is 83.3. The van der Waals surface area contributed by atoms with Crippen LogP contribution in [0.25, 0.3) is 0 Å². The lowest BCUT2D eigenvalue weighted by Crippen LogP contribution is -2.60. The minimum atomic E-state index is -4.80. The third kappa shape index (κ3) is 9.78. The minimum Gasteiger partial charge on any atom is -0.444 e. The van der Waals surface area contributed by atoms with E-state index in [0.29, 0.717) is 24.0 Å². The number of benzene rings is 2. The summed E-state index contributed by atoms with van der Waals surface area (Å²) in [5.74, 6) is -4.23. The number of nitro groups is 1. The lowest BCUT2D eigenvalue weighted by molar-refractivity contribution is -0.387. The van der Waals surface area contributed by atoms with E-state index in [-0.39, 0.29) is 45.3 Å². The summed E-state index contributed by atoms with van der Waals surface area (Å²) in [7, 11) is -8.88. The standard InChI is InChI=1S/C40H48FN7O13S2/c1-39(2,3)61-37(52)42-30-23-46(63(58,59)33-14-7-6-13-31(33)48(54)55)17-8-4-5-11-25-19-40(25,36(51)44-62(56,57)27-15-16-27)43-34(49)32-18-26(21-47(32)35(30)50)60-38(53)45-20-24-10-9-12-29(41)28(24)22-45/h5-7,9-14,25-27,30,32H,4,8,15-23H2,1-3H3,(H,42,52)(H,43,49)(H,44,51)/b11-5-/t25-,26?,30+,32+,40-/m1/s1. The fourth-order valence-electron chi connectivity index (χ4n) is 8.03. The van der Waals surface area contributed by atoms with Crippen LogP contribution in [0, 0.1) is 21.8 Å². The molecule has 1 saturated heterocycles. The Morgan fingerprint density at radius 1 is 1.02 bits per heavy atom. The van der Waals surface area contributed by atoms with Crippen molar-refractivity contribution in [2.75, 3.05) is 19.6 Å². The Balaban J connectivity index is 1.25. The van der Waals surface area contributed by atoms with Gasteiger partial charge in [0.1, 0.15) is 35.1 Å². The molecule has 3 aliphatic heterocycles. The molecular weight excluding hydrogens is 870 g/mol. The molecule has 5 atom stereocenters. The van der Waals surface area contributed by atoms with Gasteiger partial charge < -0.3 is 25.0 Å². The zero-order valence-corrected chi connectivity index (χ0v) is 36.3. The number of hydrogen-bond donors (Lipinski definition) is 3. The summed E-state index contributed by atoms with van der Waals surface area (Å²) in [6.07, 6.45) is 0.487. The van der Waals surface area contributed by atoms with Crippen LogP contribution < -0.4 is 15.4 Å². The fourth-order valence-corrected chi connectivity index (χ4v) is 11.0. The van der Waals surface area contributed by atoms with E-state index in [9.17, 15) is 55.3 Å². The van der Waals surface area contributed by atoms with Crippen molar-refractivity contribution in [1.82, 2.24) is 29.5 Å². The van der Waals surface area contributed by atoms with Gasteiger partial charge in [0.15, 0.2) is 4.90 Å². The second kappa shape index (κ2) is 17.1. The quantitative estimate of drug-likeness (QED) is 0.196. The van der Waals surface area contributed by atoms with Crippen molar-refractivity contribution in [3.05, 3.63) is 81.7 Å². The topological polar surface area (TPSA) is 261 Å². The molecule has 5 aliphatic rings. The molecular formula is C40H48FN7O13S2. The summed E-state index contributed by atoms with van der Waals surface area (Å²) in [6.45, 7) is 2.89. The number of amides is 5. The van der Waals surface area contributed by atoms with Gasteiger partial charge in [-0.25, -0.2) is 30.8 Å². The van der Waals surface area contributed by atoms with Gasteiger partial charge in [0.25, 0.3) is 11.6 Å². The van der Waals surface area contributed by atoms with Crippen LogP contribution in [-0.2, 0) is 57.0 Å². The first-order valence-electron chi connectivity index (χ1n) is 20.4. The Bertz CT molecular complexity index is 2480. The number of nitro benzene ring substituents is 1. The fraction of sp³-hybridized carbons (Fsp3) is 0.525. The highest BCUT2D eigenvalue weighted by Gasteiger charge is 2.62. The first-order valence-corrected chi connectivity index (χ1v) is 23.4. The molecule has 340 valence electrons. The number of fused-ring (bicyclic) bond motifs is 3. The van der Waals surface area contributed by atoms with Gasteiger partial charge in [-0.2, -0.15) is 4.31 Å².